The summed E-state index contributed by atoms with van der Waals surface area (Å²) in [6, 6.07) is 19.7. The maximum absolute atomic E-state index is 13.3. The lowest BCUT2D eigenvalue weighted by Gasteiger charge is -2.21. The average molecular weight is 379 g/mol. The predicted molar refractivity (Wildman–Crippen MR) is 106 cm³/mol. The van der Waals surface area contributed by atoms with Crippen molar-refractivity contribution in [1.82, 2.24) is 4.90 Å². The number of esters is 1. The first-order valence-corrected chi connectivity index (χ1v) is 9.09. The second-order valence-electron chi connectivity index (χ2n) is 6.81. The summed E-state index contributed by atoms with van der Waals surface area (Å²) in [5, 5.41) is 2.15. The Hall–Kier alpha value is -3.21. The van der Waals surface area contributed by atoms with E-state index in [1.54, 1.807) is 26.1 Å². The summed E-state index contributed by atoms with van der Waals surface area (Å²) in [6.07, 6.45) is -0.817. The minimum Gasteiger partial charge on any atom is -0.452 e. The van der Waals surface area contributed by atoms with Crippen molar-refractivity contribution in [3.8, 4) is 0 Å². The molecule has 0 aromatic heterocycles. The molecule has 0 heterocycles. The molecule has 0 spiro atoms. The molecule has 5 heteroatoms. The molecule has 0 aliphatic carbocycles. The van der Waals surface area contributed by atoms with Crippen molar-refractivity contribution in [2.45, 2.75) is 26.0 Å². The molecule has 3 aromatic carbocycles. The van der Waals surface area contributed by atoms with E-state index in [-0.39, 0.29) is 24.7 Å². The van der Waals surface area contributed by atoms with Gasteiger partial charge in [0.1, 0.15) is 5.82 Å². The van der Waals surface area contributed by atoms with Crippen LogP contribution in [0.2, 0.25) is 0 Å². The van der Waals surface area contributed by atoms with E-state index < -0.39 is 12.1 Å². The fourth-order valence-corrected chi connectivity index (χ4v) is 3.10. The van der Waals surface area contributed by atoms with Crippen LogP contribution in [0.15, 0.2) is 66.7 Å². The smallest absolute Gasteiger partial charge is 0.311 e. The average Bonchev–Trinajstić information content (AvgIpc) is 2.67. The highest BCUT2D eigenvalue weighted by atomic mass is 19.1. The first-order valence-electron chi connectivity index (χ1n) is 9.09. The van der Waals surface area contributed by atoms with E-state index in [0.29, 0.717) is 5.56 Å². The molecular weight excluding hydrogens is 357 g/mol. The molecule has 1 amide bonds. The lowest BCUT2D eigenvalue weighted by molar-refractivity contribution is -0.158. The zero-order valence-corrected chi connectivity index (χ0v) is 15.9. The third-order valence-electron chi connectivity index (χ3n) is 4.50. The summed E-state index contributed by atoms with van der Waals surface area (Å²) in [7, 11) is 1.60. The number of amides is 1. The molecule has 0 bridgehead atoms. The number of ether oxygens (including phenoxy) is 1. The van der Waals surface area contributed by atoms with Gasteiger partial charge < -0.3 is 9.64 Å². The third kappa shape index (κ3) is 4.94. The number of benzene rings is 3. The Kier molecular flexibility index (Phi) is 6.04. The molecule has 0 saturated carbocycles. The van der Waals surface area contributed by atoms with Crippen LogP contribution < -0.4 is 0 Å². The standard InChI is InChI=1S/C23H22FNO3/c1-16(23(27)25(2)15-18-6-5-9-21(24)13-18)28-22(26)14-17-10-11-19-7-3-4-8-20(19)12-17/h3-13,16H,14-15H2,1-2H3. The number of halogens is 1. The van der Waals surface area contributed by atoms with Crippen molar-refractivity contribution in [3.05, 3.63) is 83.7 Å². The van der Waals surface area contributed by atoms with Crippen LogP contribution in [0.1, 0.15) is 18.1 Å². The quantitative estimate of drug-likeness (QED) is 0.606. The molecule has 4 nitrogen and oxygen atoms in total. The Morgan fingerprint density at radius 3 is 2.46 bits per heavy atom. The van der Waals surface area contributed by atoms with Crippen molar-refractivity contribution in [1.29, 1.82) is 0 Å². The third-order valence-corrected chi connectivity index (χ3v) is 4.50. The van der Waals surface area contributed by atoms with Gasteiger partial charge in [-0.15, -0.1) is 0 Å². The predicted octanol–water partition coefficient (Wildman–Crippen LogP) is 4.11. The van der Waals surface area contributed by atoms with E-state index in [2.05, 4.69) is 0 Å². The summed E-state index contributed by atoms with van der Waals surface area (Å²) in [5.41, 5.74) is 1.50. The van der Waals surface area contributed by atoms with Crippen molar-refractivity contribution < 1.29 is 18.7 Å². The van der Waals surface area contributed by atoms with Crippen molar-refractivity contribution in [2.75, 3.05) is 7.05 Å². The lowest BCUT2D eigenvalue weighted by Crippen LogP contribution is -2.37. The monoisotopic (exact) mass is 379 g/mol. The van der Waals surface area contributed by atoms with E-state index in [4.69, 9.17) is 4.74 Å². The van der Waals surface area contributed by atoms with Gasteiger partial charge in [0.25, 0.3) is 5.91 Å². The van der Waals surface area contributed by atoms with Crippen LogP contribution in [0, 0.1) is 5.82 Å². The van der Waals surface area contributed by atoms with E-state index >= 15 is 0 Å². The van der Waals surface area contributed by atoms with Crippen LogP contribution in [0.3, 0.4) is 0 Å². The van der Waals surface area contributed by atoms with Gasteiger partial charge in [-0.3, -0.25) is 9.59 Å². The molecule has 1 unspecified atom stereocenters. The lowest BCUT2D eigenvalue weighted by atomic mass is 10.1. The molecule has 0 aliphatic rings. The SMILES string of the molecule is CC(OC(=O)Cc1ccc2ccccc2c1)C(=O)N(C)Cc1cccc(F)c1. The number of rotatable bonds is 6. The topological polar surface area (TPSA) is 46.6 Å². The van der Waals surface area contributed by atoms with Gasteiger partial charge in [-0.25, -0.2) is 4.39 Å². The molecule has 0 aliphatic heterocycles. The Bertz CT molecular complexity index is 1000. The highest BCUT2D eigenvalue weighted by Gasteiger charge is 2.21. The first-order chi connectivity index (χ1) is 13.4. The molecule has 3 aromatic rings. The summed E-state index contributed by atoms with van der Waals surface area (Å²) in [6.45, 7) is 1.78. The summed E-state index contributed by atoms with van der Waals surface area (Å²) in [4.78, 5) is 26.1. The van der Waals surface area contributed by atoms with Crippen molar-refractivity contribution >= 4 is 22.6 Å². The number of carbonyl (C=O) groups excluding carboxylic acids is 2. The second kappa shape index (κ2) is 8.65. The molecule has 28 heavy (non-hydrogen) atoms. The van der Waals surface area contributed by atoms with Crippen LogP contribution in [0.25, 0.3) is 10.8 Å². The maximum Gasteiger partial charge on any atom is 0.311 e. The van der Waals surface area contributed by atoms with Crippen LogP contribution >= 0.6 is 0 Å². The molecular formula is C23H22FNO3. The molecule has 1 atom stereocenters. The van der Waals surface area contributed by atoms with Gasteiger partial charge >= 0.3 is 5.97 Å². The molecule has 0 radical (unpaired) electrons. The van der Waals surface area contributed by atoms with Gasteiger partial charge in [-0.2, -0.15) is 0 Å². The van der Waals surface area contributed by atoms with Gasteiger partial charge in [-0.1, -0.05) is 54.6 Å². The van der Waals surface area contributed by atoms with E-state index in [0.717, 1.165) is 16.3 Å². The van der Waals surface area contributed by atoms with Crippen LogP contribution in [-0.4, -0.2) is 29.9 Å². The van der Waals surface area contributed by atoms with Gasteiger partial charge in [0.15, 0.2) is 6.10 Å². The molecule has 0 N–H and O–H groups in total. The number of hydrogen-bond acceptors (Lipinski definition) is 3. The van der Waals surface area contributed by atoms with Crippen LogP contribution in [-0.2, 0) is 27.3 Å². The van der Waals surface area contributed by atoms with E-state index in [9.17, 15) is 14.0 Å². The zero-order chi connectivity index (χ0) is 20.1. The zero-order valence-electron chi connectivity index (χ0n) is 15.9. The Morgan fingerprint density at radius 2 is 1.71 bits per heavy atom. The van der Waals surface area contributed by atoms with E-state index in [1.807, 2.05) is 42.5 Å². The largest absolute Gasteiger partial charge is 0.452 e. The number of carbonyl (C=O) groups is 2. The number of likely N-dealkylation sites (N-methyl/N-ethyl adjacent to an activating group) is 1. The number of hydrogen-bond donors (Lipinski definition) is 0. The molecule has 144 valence electrons. The van der Waals surface area contributed by atoms with Crippen LogP contribution in [0.4, 0.5) is 4.39 Å². The van der Waals surface area contributed by atoms with Crippen LogP contribution in [0.5, 0.6) is 0 Å². The molecule has 3 rings (SSSR count). The van der Waals surface area contributed by atoms with Gasteiger partial charge in [0.2, 0.25) is 0 Å². The summed E-state index contributed by atoms with van der Waals surface area (Å²) >= 11 is 0. The Labute approximate surface area is 163 Å². The Morgan fingerprint density at radius 1 is 0.964 bits per heavy atom. The number of fused-ring (bicyclic) bond motifs is 1. The normalized spacial score (nSPS) is 11.8. The Balaban J connectivity index is 1.57. The molecule has 0 fully saturated rings. The maximum atomic E-state index is 13.3. The van der Waals surface area contributed by atoms with Gasteiger partial charge in [0, 0.05) is 13.6 Å². The van der Waals surface area contributed by atoms with Gasteiger partial charge in [0.05, 0.1) is 6.42 Å². The highest BCUT2D eigenvalue weighted by molar-refractivity contribution is 5.86. The fraction of sp³-hybridized carbons (Fsp3) is 0.217. The van der Waals surface area contributed by atoms with Crippen molar-refractivity contribution in [2.24, 2.45) is 0 Å². The van der Waals surface area contributed by atoms with Gasteiger partial charge in [-0.05, 0) is 41.0 Å². The first kappa shape index (κ1) is 19.5. The minimum atomic E-state index is -0.911. The second-order valence-corrected chi connectivity index (χ2v) is 6.81. The molecule has 0 saturated heterocycles. The highest BCUT2D eigenvalue weighted by Crippen LogP contribution is 2.16. The number of nitrogens with zero attached hydrogens (tertiary/aromatic N) is 1. The van der Waals surface area contributed by atoms with Crippen molar-refractivity contribution in [3.63, 3.8) is 0 Å². The minimum absolute atomic E-state index is 0.0933. The van der Waals surface area contributed by atoms with E-state index in [1.165, 1.54) is 17.0 Å². The summed E-state index contributed by atoms with van der Waals surface area (Å²) < 4.78 is 18.6. The fourth-order valence-electron chi connectivity index (χ4n) is 3.10. The summed E-state index contributed by atoms with van der Waals surface area (Å²) in [5.74, 6) is -1.15.